The van der Waals surface area contributed by atoms with Gasteiger partial charge in [0.05, 0.1) is 7.11 Å². The molecule has 2 aliphatic heterocycles. The summed E-state index contributed by atoms with van der Waals surface area (Å²) in [5.41, 5.74) is 14.0. The Morgan fingerprint density at radius 3 is 1.54 bits per heavy atom. The van der Waals surface area contributed by atoms with Crippen LogP contribution in [0.1, 0.15) is 44.9 Å². The molecule has 0 atom stereocenters. The van der Waals surface area contributed by atoms with Gasteiger partial charge in [0, 0.05) is 34.2 Å². The highest BCUT2D eigenvalue weighted by Gasteiger charge is 2.24. The Morgan fingerprint density at radius 2 is 0.974 bits per heavy atom. The van der Waals surface area contributed by atoms with Gasteiger partial charge < -0.3 is 15.4 Å². The predicted molar refractivity (Wildman–Crippen MR) is 161 cm³/mol. The number of hydrogen-bond acceptors (Lipinski definition) is 3. The van der Waals surface area contributed by atoms with Crippen LogP contribution < -0.4 is 15.4 Å². The van der Waals surface area contributed by atoms with Crippen LogP contribution in [-0.4, -0.2) is 7.11 Å². The van der Waals surface area contributed by atoms with Crippen molar-refractivity contribution in [2.45, 2.75) is 31.6 Å². The SMILES string of the molecule is COc1ccccc1C(c1ccc2c(c1)CCc1ccccc1N2)c1ccc2c(c1)CCc1ccccc1N2. The van der Waals surface area contributed by atoms with Crippen LogP contribution in [0.2, 0.25) is 0 Å². The molecule has 0 unspecified atom stereocenters. The number of aryl methyl sites for hydroxylation is 4. The zero-order valence-corrected chi connectivity index (χ0v) is 22.2. The molecule has 2 heterocycles. The second-order valence-corrected chi connectivity index (χ2v) is 10.6. The van der Waals surface area contributed by atoms with Crippen molar-refractivity contribution >= 4 is 22.7 Å². The van der Waals surface area contributed by atoms with Gasteiger partial charge in [-0.1, -0.05) is 78.9 Å². The lowest BCUT2D eigenvalue weighted by molar-refractivity contribution is 0.409. The molecule has 2 aliphatic rings. The van der Waals surface area contributed by atoms with Crippen LogP contribution in [0.4, 0.5) is 22.7 Å². The molecule has 0 bridgehead atoms. The second-order valence-electron chi connectivity index (χ2n) is 10.6. The molecule has 2 N–H and O–H groups in total. The summed E-state index contributed by atoms with van der Waals surface area (Å²) in [5, 5.41) is 7.39. The van der Waals surface area contributed by atoms with Gasteiger partial charge in [-0.25, -0.2) is 0 Å². The largest absolute Gasteiger partial charge is 0.496 e. The number of anilines is 4. The highest BCUT2D eigenvalue weighted by atomic mass is 16.5. The Balaban J connectivity index is 1.32. The second kappa shape index (κ2) is 9.99. The molecule has 7 rings (SSSR count). The number of ether oxygens (including phenoxy) is 1. The highest BCUT2D eigenvalue weighted by Crippen LogP contribution is 2.41. The van der Waals surface area contributed by atoms with Crippen molar-refractivity contribution in [2.75, 3.05) is 17.7 Å². The normalized spacial score (nSPS) is 13.5. The Labute approximate surface area is 230 Å². The lowest BCUT2D eigenvalue weighted by atomic mass is 9.82. The summed E-state index contributed by atoms with van der Waals surface area (Å²) in [6.07, 6.45) is 4.09. The van der Waals surface area contributed by atoms with Crippen molar-refractivity contribution in [3.05, 3.63) is 148 Å². The maximum atomic E-state index is 5.89. The minimum Gasteiger partial charge on any atom is -0.496 e. The van der Waals surface area contributed by atoms with E-state index in [0.29, 0.717) is 0 Å². The molecule has 0 amide bonds. The average molecular weight is 509 g/mol. The van der Waals surface area contributed by atoms with Gasteiger partial charge in [-0.05, 0) is 89.4 Å². The molecule has 5 aromatic rings. The van der Waals surface area contributed by atoms with E-state index in [9.17, 15) is 0 Å². The first-order valence-corrected chi connectivity index (χ1v) is 13.9. The highest BCUT2D eigenvalue weighted by molar-refractivity contribution is 5.71. The molecule has 0 aromatic heterocycles. The topological polar surface area (TPSA) is 33.3 Å². The Bertz CT molecular complexity index is 1570. The molecule has 0 saturated heterocycles. The third-order valence-electron chi connectivity index (χ3n) is 8.28. The number of rotatable bonds is 4. The number of nitrogens with one attached hydrogen (secondary N) is 2. The minimum atomic E-state index is 0.0630. The molecule has 0 fully saturated rings. The smallest absolute Gasteiger partial charge is 0.123 e. The Kier molecular flexibility index (Phi) is 6.05. The summed E-state index contributed by atoms with van der Waals surface area (Å²) in [7, 11) is 1.77. The molecule has 192 valence electrons. The molecular weight excluding hydrogens is 476 g/mol. The standard InChI is InChI=1S/C36H32N2O/c1-39-35-13-7-4-10-30(35)36(28-18-20-33-26(22-28)16-14-24-8-2-5-11-31(24)37-33)29-19-21-34-27(23-29)17-15-25-9-3-6-12-32(25)38-34/h2-13,18-23,36-38H,14-17H2,1H3. The molecule has 3 nitrogen and oxygen atoms in total. The van der Waals surface area contributed by atoms with Crippen LogP contribution in [-0.2, 0) is 25.7 Å². The van der Waals surface area contributed by atoms with Crippen molar-refractivity contribution in [3.63, 3.8) is 0 Å². The lowest BCUT2D eigenvalue weighted by Gasteiger charge is -2.24. The summed E-state index contributed by atoms with van der Waals surface area (Å²) >= 11 is 0. The molecular formula is C36H32N2O. The van der Waals surface area contributed by atoms with Gasteiger partial charge in [0.1, 0.15) is 5.75 Å². The van der Waals surface area contributed by atoms with Crippen LogP contribution in [0.15, 0.2) is 109 Å². The zero-order chi connectivity index (χ0) is 26.2. The first-order valence-electron chi connectivity index (χ1n) is 13.9. The van der Waals surface area contributed by atoms with Crippen molar-refractivity contribution < 1.29 is 4.74 Å². The maximum Gasteiger partial charge on any atom is 0.123 e. The number of para-hydroxylation sites is 3. The van der Waals surface area contributed by atoms with E-state index in [1.165, 1.54) is 61.7 Å². The number of benzene rings is 5. The van der Waals surface area contributed by atoms with E-state index < -0.39 is 0 Å². The summed E-state index contributed by atoms with van der Waals surface area (Å²) < 4.78 is 5.89. The fourth-order valence-electron chi connectivity index (χ4n) is 6.25. The van der Waals surface area contributed by atoms with Crippen LogP contribution in [0.25, 0.3) is 0 Å². The molecule has 5 aromatic carbocycles. The number of fused-ring (bicyclic) bond motifs is 4. The minimum absolute atomic E-state index is 0.0630. The predicted octanol–water partition coefficient (Wildman–Crippen LogP) is 8.56. The van der Waals surface area contributed by atoms with E-state index in [1.807, 2.05) is 0 Å². The van der Waals surface area contributed by atoms with Crippen molar-refractivity contribution in [1.82, 2.24) is 0 Å². The molecule has 0 spiro atoms. The van der Waals surface area contributed by atoms with Crippen molar-refractivity contribution in [1.29, 1.82) is 0 Å². The molecule has 39 heavy (non-hydrogen) atoms. The maximum absolute atomic E-state index is 5.89. The fourth-order valence-corrected chi connectivity index (χ4v) is 6.25. The van der Waals surface area contributed by atoms with Crippen LogP contribution >= 0.6 is 0 Å². The third-order valence-corrected chi connectivity index (χ3v) is 8.28. The van der Waals surface area contributed by atoms with Crippen LogP contribution in [0.5, 0.6) is 5.75 Å². The fraction of sp³-hybridized carbons (Fsp3) is 0.167. The third kappa shape index (κ3) is 4.44. The van der Waals surface area contributed by atoms with E-state index in [0.717, 1.165) is 31.4 Å². The van der Waals surface area contributed by atoms with Gasteiger partial charge in [0.15, 0.2) is 0 Å². The Morgan fingerprint density at radius 1 is 0.513 bits per heavy atom. The summed E-state index contributed by atoms with van der Waals surface area (Å²) in [4.78, 5) is 0. The molecule has 3 heteroatoms. The van der Waals surface area contributed by atoms with Gasteiger partial charge in [-0.3, -0.25) is 0 Å². The van der Waals surface area contributed by atoms with Crippen LogP contribution in [0.3, 0.4) is 0 Å². The van der Waals surface area contributed by atoms with E-state index in [4.69, 9.17) is 4.74 Å². The molecule has 0 aliphatic carbocycles. The van der Waals surface area contributed by atoms with E-state index in [-0.39, 0.29) is 5.92 Å². The summed E-state index contributed by atoms with van der Waals surface area (Å²) in [6.45, 7) is 0. The first-order chi connectivity index (χ1) is 19.3. The average Bonchev–Trinajstić information content (AvgIpc) is 3.29. The van der Waals surface area contributed by atoms with E-state index >= 15 is 0 Å². The Hall–Kier alpha value is -4.50. The van der Waals surface area contributed by atoms with Gasteiger partial charge in [-0.15, -0.1) is 0 Å². The monoisotopic (exact) mass is 508 g/mol. The first kappa shape index (κ1) is 23.6. The van der Waals surface area contributed by atoms with E-state index in [1.54, 1.807) is 7.11 Å². The van der Waals surface area contributed by atoms with Gasteiger partial charge in [-0.2, -0.15) is 0 Å². The van der Waals surface area contributed by atoms with Crippen LogP contribution in [0, 0.1) is 0 Å². The lowest BCUT2D eigenvalue weighted by Crippen LogP contribution is -2.08. The molecule has 0 radical (unpaired) electrons. The summed E-state index contributed by atoms with van der Waals surface area (Å²) in [5.74, 6) is 0.983. The van der Waals surface area contributed by atoms with Crippen molar-refractivity contribution in [2.24, 2.45) is 0 Å². The van der Waals surface area contributed by atoms with Gasteiger partial charge >= 0.3 is 0 Å². The number of methoxy groups -OCH3 is 1. The van der Waals surface area contributed by atoms with Crippen molar-refractivity contribution in [3.8, 4) is 5.75 Å². The zero-order valence-electron chi connectivity index (χ0n) is 22.2. The number of hydrogen-bond donors (Lipinski definition) is 2. The quantitative estimate of drug-likeness (QED) is 0.239. The molecule has 0 saturated carbocycles. The van der Waals surface area contributed by atoms with Gasteiger partial charge in [0.2, 0.25) is 0 Å². The summed E-state index contributed by atoms with van der Waals surface area (Å²) in [6, 6.07) is 39.7. The van der Waals surface area contributed by atoms with E-state index in [2.05, 4.69) is 120 Å². The van der Waals surface area contributed by atoms with Gasteiger partial charge in [0.25, 0.3) is 0 Å².